The van der Waals surface area contributed by atoms with Crippen molar-refractivity contribution >= 4 is 5.91 Å². The molecule has 36 heavy (non-hydrogen) atoms. The average Bonchev–Trinajstić information content (AvgIpc) is 3.59. The molecule has 2 heterocycles. The van der Waals surface area contributed by atoms with E-state index in [4.69, 9.17) is 18.7 Å². The predicted molar refractivity (Wildman–Crippen MR) is 132 cm³/mol. The Labute approximate surface area is 209 Å². The Morgan fingerprint density at radius 2 is 1.58 bits per heavy atom. The molecular formula is C28H27N3O5. The van der Waals surface area contributed by atoms with Crippen LogP contribution in [0.1, 0.15) is 17.0 Å². The second kappa shape index (κ2) is 11.5. The Balaban J connectivity index is 1.20. The van der Waals surface area contributed by atoms with Gasteiger partial charge < -0.3 is 23.6 Å². The molecule has 0 unspecified atom stereocenters. The van der Waals surface area contributed by atoms with E-state index in [0.717, 1.165) is 17.5 Å². The van der Waals surface area contributed by atoms with Crippen molar-refractivity contribution < 1.29 is 23.5 Å². The lowest BCUT2D eigenvalue weighted by atomic mass is 10.1. The molecule has 0 atom stereocenters. The molecule has 0 N–H and O–H groups in total. The van der Waals surface area contributed by atoms with Gasteiger partial charge in [-0.2, -0.15) is 4.98 Å². The summed E-state index contributed by atoms with van der Waals surface area (Å²) in [6, 6.07) is 25.4. The number of rotatable bonds is 11. The van der Waals surface area contributed by atoms with E-state index in [-0.39, 0.29) is 19.3 Å². The van der Waals surface area contributed by atoms with Crippen molar-refractivity contribution in [1.82, 2.24) is 15.0 Å². The summed E-state index contributed by atoms with van der Waals surface area (Å²) >= 11 is 0. The molecule has 0 saturated heterocycles. The van der Waals surface area contributed by atoms with Crippen molar-refractivity contribution in [2.75, 3.05) is 26.5 Å². The highest BCUT2D eigenvalue weighted by molar-refractivity contribution is 5.77. The molecule has 0 aliphatic carbocycles. The topological polar surface area (TPSA) is 86.9 Å². The molecule has 5 rings (SSSR count). The molecule has 184 valence electrons. The minimum Gasteiger partial charge on any atom is -0.454 e. The second-order valence-electron chi connectivity index (χ2n) is 8.42. The van der Waals surface area contributed by atoms with Gasteiger partial charge in [0.05, 0.1) is 6.61 Å². The fourth-order valence-electron chi connectivity index (χ4n) is 3.93. The maximum atomic E-state index is 13.0. The zero-order valence-electron chi connectivity index (χ0n) is 19.8. The lowest BCUT2D eigenvalue weighted by molar-refractivity contribution is -0.136. The lowest BCUT2D eigenvalue weighted by Crippen LogP contribution is -2.37. The molecule has 0 spiro atoms. The number of nitrogens with zero attached hydrogens (tertiary/aromatic N) is 3. The minimum absolute atomic E-state index is 0.00988. The van der Waals surface area contributed by atoms with Gasteiger partial charge in [0.25, 0.3) is 0 Å². The molecule has 0 radical (unpaired) electrons. The molecule has 1 aliphatic rings. The molecule has 8 heteroatoms. The molecular weight excluding hydrogens is 458 g/mol. The van der Waals surface area contributed by atoms with Crippen molar-refractivity contribution in [2.24, 2.45) is 0 Å². The summed E-state index contributed by atoms with van der Waals surface area (Å²) < 4.78 is 22.0. The summed E-state index contributed by atoms with van der Waals surface area (Å²) in [6.07, 6.45) is 1.19. The van der Waals surface area contributed by atoms with Gasteiger partial charge in [-0.25, -0.2) is 0 Å². The van der Waals surface area contributed by atoms with E-state index < -0.39 is 0 Å². The first-order chi connectivity index (χ1) is 17.7. The fourth-order valence-corrected chi connectivity index (χ4v) is 3.93. The van der Waals surface area contributed by atoms with E-state index in [1.807, 2.05) is 66.7 Å². The number of aromatic nitrogens is 2. The third-order valence-corrected chi connectivity index (χ3v) is 5.90. The van der Waals surface area contributed by atoms with Crippen LogP contribution in [0.15, 0.2) is 83.4 Å². The molecule has 0 fully saturated rings. The largest absolute Gasteiger partial charge is 0.454 e. The van der Waals surface area contributed by atoms with Gasteiger partial charge in [-0.05, 0) is 35.7 Å². The van der Waals surface area contributed by atoms with E-state index in [1.54, 1.807) is 4.90 Å². The van der Waals surface area contributed by atoms with Crippen LogP contribution in [0.3, 0.4) is 0 Å². The molecule has 1 amide bonds. The van der Waals surface area contributed by atoms with Crippen LogP contribution in [0.4, 0.5) is 0 Å². The van der Waals surface area contributed by atoms with Crippen LogP contribution in [-0.4, -0.2) is 47.4 Å². The number of amides is 1. The van der Waals surface area contributed by atoms with Gasteiger partial charge >= 0.3 is 0 Å². The fraction of sp³-hybridized carbons (Fsp3) is 0.250. The molecule has 1 aliphatic heterocycles. The number of carbonyl (C=O) groups is 1. The Hall–Kier alpha value is -4.17. The minimum atomic E-state index is -0.0719. The Morgan fingerprint density at radius 3 is 2.39 bits per heavy atom. The third kappa shape index (κ3) is 6.09. The maximum absolute atomic E-state index is 13.0. The maximum Gasteiger partial charge on any atom is 0.248 e. The molecule has 0 bridgehead atoms. The van der Waals surface area contributed by atoms with Crippen LogP contribution in [0.2, 0.25) is 0 Å². The predicted octanol–water partition coefficient (Wildman–Crippen LogP) is 4.30. The summed E-state index contributed by atoms with van der Waals surface area (Å²) in [5.41, 5.74) is 2.98. The Kier molecular flexibility index (Phi) is 7.53. The van der Waals surface area contributed by atoms with Gasteiger partial charge in [0.15, 0.2) is 11.5 Å². The smallest absolute Gasteiger partial charge is 0.248 e. The van der Waals surface area contributed by atoms with Gasteiger partial charge in [0.1, 0.15) is 6.61 Å². The summed E-state index contributed by atoms with van der Waals surface area (Å²) in [6.45, 7) is 1.62. The van der Waals surface area contributed by atoms with Crippen molar-refractivity contribution in [2.45, 2.75) is 19.4 Å². The quantitative estimate of drug-likeness (QED) is 0.313. The van der Waals surface area contributed by atoms with Crippen LogP contribution < -0.4 is 9.47 Å². The normalized spacial score (nSPS) is 12.0. The first kappa shape index (κ1) is 23.6. The number of fused-ring (bicyclic) bond motifs is 1. The number of carbonyl (C=O) groups excluding carboxylic acids is 1. The van der Waals surface area contributed by atoms with Crippen molar-refractivity contribution in [3.05, 3.63) is 95.9 Å². The van der Waals surface area contributed by atoms with Gasteiger partial charge in [0.2, 0.25) is 24.4 Å². The van der Waals surface area contributed by atoms with Gasteiger partial charge in [-0.15, -0.1) is 0 Å². The lowest BCUT2D eigenvalue weighted by Gasteiger charge is -2.22. The van der Waals surface area contributed by atoms with E-state index in [2.05, 4.69) is 22.3 Å². The van der Waals surface area contributed by atoms with Crippen LogP contribution in [-0.2, 0) is 29.0 Å². The van der Waals surface area contributed by atoms with E-state index >= 15 is 0 Å². The van der Waals surface area contributed by atoms with E-state index in [1.165, 1.54) is 5.56 Å². The highest BCUT2D eigenvalue weighted by atomic mass is 16.7. The van der Waals surface area contributed by atoms with Crippen LogP contribution in [0, 0.1) is 0 Å². The third-order valence-electron chi connectivity index (χ3n) is 5.90. The number of benzene rings is 3. The van der Waals surface area contributed by atoms with Crippen LogP contribution in [0.25, 0.3) is 11.4 Å². The first-order valence-corrected chi connectivity index (χ1v) is 11.9. The second-order valence-corrected chi connectivity index (χ2v) is 8.42. The highest BCUT2D eigenvalue weighted by Crippen LogP contribution is 2.35. The van der Waals surface area contributed by atoms with Gasteiger partial charge in [-0.1, -0.05) is 65.8 Å². The summed E-state index contributed by atoms with van der Waals surface area (Å²) in [5, 5.41) is 4.10. The monoisotopic (exact) mass is 485 g/mol. The van der Waals surface area contributed by atoms with E-state index in [0.29, 0.717) is 49.3 Å². The SMILES string of the molecule is O=C(COCc1ccccc1)N(CCc1ccccc1)CCc1nc(-c2ccc3c(c2)OCO3)no1. The zero-order valence-corrected chi connectivity index (χ0v) is 19.8. The summed E-state index contributed by atoms with van der Waals surface area (Å²) in [4.78, 5) is 19.3. The van der Waals surface area contributed by atoms with Gasteiger partial charge in [-0.3, -0.25) is 4.79 Å². The first-order valence-electron chi connectivity index (χ1n) is 11.9. The molecule has 1 aromatic heterocycles. The number of ether oxygens (including phenoxy) is 3. The van der Waals surface area contributed by atoms with Crippen LogP contribution >= 0.6 is 0 Å². The summed E-state index contributed by atoms with van der Waals surface area (Å²) in [5.74, 6) is 2.22. The summed E-state index contributed by atoms with van der Waals surface area (Å²) in [7, 11) is 0. The van der Waals surface area contributed by atoms with Crippen molar-refractivity contribution in [3.8, 4) is 22.9 Å². The number of hydrogen-bond acceptors (Lipinski definition) is 7. The van der Waals surface area contributed by atoms with Crippen LogP contribution in [0.5, 0.6) is 11.5 Å². The van der Waals surface area contributed by atoms with Crippen molar-refractivity contribution in [1.29, 1.82) is 0 Å². The standard InChI is InChI=1S/C28H27N3O5/c32-27(19-33-18-22-9-5-2-6-10-22)31(15-13-21-7-3-1-4-8-21)16-14-26-29-28(30-36-26)23-11-12-24-25(17-23)35-20-34-24/h1-12,17H,13-16,18-20H2. The van der Waals surface area contributed by atoms with Gasteiger partial charge in [0, 0.05) is 25.1 Å². The Bertz CT molecular complexity index is 1280. The molecule has 8 nitrogen and oxygen atoms in total. The number of hydrogen-bond donors (Lipinski definition) is 0. The van der Waals surface area contributed by atoms with E-state index in [9.17, 15) is 4.79 Å². The Morgan fingerprint density at radius 1 is 0.861 bits per heavy atom. The molecule has 0 saturated carbocycles. The zero-order chi connectivity index (χ0) is 24.6. The molecule has 3 aromatic carbocycles. The average molecular weight is 486 g/mol. The van der Waals surface area contributed by atoms with Crippen molar-refractivity contribution in [3.63, 3.8) is 0 Å². The highest BCUT2D eigenvalue weighted by Gasteiger charge is 2.18. The molecule has 4 aromatic rings.